The standard InChI is InChI=1S/C13H26N2O2/c1-12(2,8-14)6-5-7-15(4)9-13(3,10-16)11-17/h16-17H,5-7,9-11H2,1-4H3. The molecular weight excluding hydrogens is 216 g/mol. The van der Waals surface area contributed by atoms with Crippen molar-refractivity contribution in [3.05, 3.63) is 0 Å². The summed E-state index contributed by atoms with van der Waals surface area (Å²) in [6, 6.07) is 2.29. The molecule has 17 heavy (non-hydrogen) atoms. The molecule has 0 aromatic rings. The van der Waals surface area contributed by atoms with Gasteiger partial charge in [0.25, 0.3) is 0 Å². The molecule has 0 atom stereocenters. The van der Waals surface area contributed by atoms with Gasteiger partial charge in [0.15, 0.2) is 0 Å². The van der Waals surface area contributed by atoms with E-state index in [1.165, 1.54) is 0 Å². The minimum atomic E-state index is -0.445. The SMILES string of the molecule is CN(CCCC(C)(C)C#N)CC(C)(CO)CO. The van der Waals surface area contributed by atoms with Crippen molar-refractivity contribution in [1.29, 1.82) is 5.26 Å². The summed E-state index contributed by atoms with van der Waals surface area (Å²) in [5, 5.41) is 27.3. The van der Waals surface area contributed by atoms with Crippen LogP contribution in [0, 0.1) is 22.2 Å². The monoisotopic (exact) mass is 242 g/mol. The molecule has 0 unspecified atom stereocenters. The van der Waals surface area contributed by atoms with E-state index < -0.39 is 5.41 Å². The van der Waals surface area contributed by atoms with E-state index in [1.807, 2.05) is 27.8 Å². The Bertz CT molecular complexity index is 255. The summed E-state index contributed by atoms with van der Waals surface area (Å²) >= 11 is 0. The second kappa shape index (κ2) is 6.95. The number of aliphatic hydroxyl groups excluding tert-OH is 2. The first-order valence-corrected chi connectivity index (χ1v) is 6.10. The van der Waals surface area contributed by atoms with Gasteiger partial charge in [-0.3, -0.25) is 0 Å². The quantitative estimate of drug-likeness (QED) is 0.672. The smallest absolute Gasteiger partial charge is 0.0683 e. The molecule has 0 spiro atoms. The van der Waals surface area contributed by atoms with E-state index in [0.29, 0.717) is 6.54 Å². The van der Waals surface area contributed by atoms with Gasteiger partial charge in [-0.2, -0.15) is 5.26 Å². The fourth-order valence-electron chi connectivity index (χ4n) is 1.73. The van der Waals surface area contributed by atoms with Crippen LogP contribution in [0.2, 0.25) is 0 Å². The van der Waals surface area contributed by atoms with Crippen LogP contribution in [0.15, 0.2) is 0 Å². The first-order valence-electron chi connectivity index (χ1n) is 6.10. The van der Waals surface area contributed by atoms with Gasteiger partial charge in [0, 0.05) is 12.0 Å². The van der Waals surface area contributed by atoms with Crippen molar-refractivity contribution >= 4 is 0 Å². The summed E-state index contributed by atoms with van der Waals surface area (Å²) in [5.74, 6) is 0. The topological polar surface area (TPSA) is 67.5 Å². The Hall–Kier alpha value is -0.630. The molecule has 4 nitrogen and oxygen atoms in total. The molecule has 0 amide bonds. The minimum absolute atomic E-state index is 0.0163. The lowest BCUT2D eigenvalue weighted by atomic mass is 9.89. The van der Waals surface area contributed by atoms with Gasteiger partial charge in [0.2, 0.25) is 0 Å². The van der Waals surface area contributed by atoms with Crippen LogP contribution in [0.4, 0.5) is 0 Å². The van der Waals surface area contributed by atoms with E-state index in [-0.39, 0.29) is 18.6 Å². The lowest BCUT2D eigenvalue weighted by molar-refractivity contribution is 0.0413. The lowest BCUT2D eigenvalue weighted by Crippen LogP contribution is -2.39. The van der Waals surface area contributed by atoms with Gasteiger partial charge in [-0.1, -0.05) is 6.92 Å². The molecule has 0 bridgehead atoms. The first-order chi connectivity index (χ1) is 7.78. The average Bonchev–Trinajstić information content (AvgIpc) is 2.28. The van der Waals surface area contributed by atoms with E-state index in [2.05, 4.69) is 11.0 Å². The second-order valence-corrected chi connectivity index (χ2v) is 5.96. The highest BCUT2D eigenvalue weighted by atomic mass is 16.3. The van der Waals surface area contributed by atoms with Gasteiger partial charge in [0.05, 0.1) is 24.7 Å². The van der Waals surface area contributed by atoms with Gasteiger partial charge in [0.1, 0.15) is 0 Å². The fraction of sp³-hybridized carbons (Fsp3) is 0.923. The third-order valence-corrected chi connectivity index (χ3v) is 3.06. The van der Waals surface area contributed by atoms with Crippen molar-refractivity contribution in [2.75, 3.05) is 33.4 Å². The van der Waals surface area contributed by atoms with Crippen molar-refractivity contribution in [3.8, 4) is 6.07 Å². The van der Waals surface area contributed by atoms with Crippen LogP contribution in [0.1, 0.15) is 33.6 Å². The van der Waals surface area contributed by atoms with Crippen LogP contribution in [-0.2, 0) is 0 Å². The molecular formula is C13H26N2O2. The second-order valence-electron chi connectivity index (χ2n) is 5.96. The number of hydrogen-bond acceptors (Lipinski definition) is 4. The van der Waals surface area contributed by atoms with Gasteiger partial charge >= 0.3 is 0 Å². The fourth-order valence-corrected chi connectivity index (χ4v) is 1.73. The Morgan fingerprint density at radius 1 is 1.18 bits per heavy atom. The van der Waals surface area contributed by atoms with Crippen LogP contribution >= 0.6 is 0 Å². The molecule has 0 saturated carbocycles. The largest absolute Gasteiger partial charge is 0.396 e. The zero-order valence-electron chi connectivity index (χ0n) is 11.5. The van der Waals surface area contributed by atoms with Crippen LogP contribution in [0.3, 0.4) is 0 Å². The normalized spacial score (nSPS) is 12.8. The highest BCUT2D eigenvalue weighted by Crippen LogP contribution is 2.21. The summed E-state index contributed by atoms with van der Waals surface area (Å²) in [7, 11) is 1.98. The van der Waals surface area contributed by atoms with E-state index in [9.17, 15) is 10.2 Å². The van der Waals surface area contributed by atoms with Crippen molar-refractivity contribution in [1.82, 2.24) is 4.90 Å². The van der Waals surface area contributed by atoms with Crippen molar-refractivity contribution in [3.63, 3.8) is 0 Å². The molecule has 0 aliphatic carbocycles. The van der Waals surface area contributed by atoms with Gasteiger partial charge in [-0.25, -0.2) is 0 Å². The molecule has 0 fully saturated rings. The Morgan fingerprint density at radius 2 is 1.71 bits per heavy atom. The molecule has 4 heteroatoms. The van der Waals surface area contributed by atoms with E-state index >= 15 is 0 Å². The molecule has 0 aliphatic heterocycles. The summed E-state index contributed by atoms with van der Waals surface area (Å²) in [6.07, 6.45) is 1.81. The maximum Gasteiger partial charge on any atom is 0.0683 e. The summed E-state index contributed by atoms with van der Waals surface area (Å²) in [5.41, 5.74) is -0.711. The Labute approximate surface area is 105 Å². The molecule has 0 radical (unpaired) electrons. The number of nitrogens with zero attached hydrogens (tertiary/aromatic N) is 2. The van der Waals surface area contributed by atoms with Crippen molar-refractivity contribution < 1.29 is 10.2 Å². The van der Waals surface area contributed by atoms with Gasteiger partial charge in [-0.05, 0) is 40.3 Å². The van der Waals surface area contributed by atoms with Crippen molar-refractivity contribution in [2.24, 2.45) is 10.8 Å². The first kappa shape index (κ1) is 16.4. The number of aliphatic hydroxyl groups is 2. The summed E-state index contributed by atoms with van der Waals surface area (Å²) in [4.78, 5) is 2.10. The molecule has 0 saturated heterocycles. The molecule has 0 aromatic carbocycles. The molecule has 2 N–H and O–H groups in total. The Kier molecular flexibility index (Phi) is 6.69. The molecule has 0 rings (SSSR count). The Balaban J connectivity index is 3.97. The van der Waals surface area contributed by atoms with Crippen LogP contribution < -0.4 is 0 Å². The number of nitriles is 1. The zero-order valence-corrected chi connectivity index (χ0v) is 11.5. The lowest BCUT2D eigenvalue weighted by Gasteiger charge is -2.30. The third kappa shape index (κ3) is 6.62. The predicted octanol–water partition coefficient (Wildman–Crippen LogP) is 1.24. The van der Waals surface area contributed by atoms with E-state index in [4.69, 9.17) is 5.26 Å². The summed E-state index contributed by atoms with van der Waals surface area (Å²) < 4.78 is 0. The molecule has 0 aliphatic rings. The van der Waals surface area contributed by atoms with Crippen LogP contribution in [0.25, 0.3) is 0 Å². The highest BCUT2D eigenvalue weighted by molar-refractivity contribution is 4.91. The minimum Gasteiger partial charge on any atom is -0.396 e. The maximum atomic E-state index is 9.20. The van der Waals surface area contributed by atoms with Gasteiger partial charge < -0.3 is 15.1 Å². The summed E-state index contributed by atoms with van der Waals surface area (Å²) in [6.45, 7) is 7.25. The van der Waals surface area contributed by atoms with E-state index in [0.717, 1.165) is 19.4 Å². The van der Waals surface area contributed by atoms with E-state index in [1.54, 1.807) is 0 Å². The Morgan fingerprint density at radius 3 is 2.12 bits per heavy atom. The van der Waals surface area contributed by atoms with Crippen LogP contribution in [-0.4, -0.2) is 48.5 Å². The maximum absolute atomic E-state index is 9.20. The number of rotatable bonds is 8. The zero-order chi connectivity index (χ0) is 13.5. The van der Waals surface area contributed by atoms with Gasteiger partial charge in [-0.15, -0.1) is 0 Å². The van der Waals surface area contributed by atoms with Crippen LogP contribution in [0.5, 0.6) is 0 Å². The van der Waals surface area contributed by atoms with Crippen molar-refractivity contribution in [2.45, 2.75) is 33.6 Å². The number of hydrogen-bond donors (Lipinski definition) is 2. The third-order valence-electron chi connectivity index (χ3n) is 3.06. The predicted molar refractivity (Wildman–Crippen MR) is 68.4 cm³/mol. The highest BCUT2D eigenvalue weighted by Gasteiger charge is 2.24. The molecule has 0 aromatic heterocycles. The molecule has 0 heterocycles. The molecule has 100 valence electrons. The average molecular weight is 242 g/mol.